The van der Waals surface area contributed by atoms with Crippen LogP contribution in [-0.2, 0) is 5.54 Å². The van der Waals surface area contributed by atoms with Gasteiger partial charge in [-0.15, -0.1) is 0 Å². The van der Waals surface area contributed by atoms with E-state index in [1.165, 1.54) is 17.5 Å². The molecule has 2 rings (SSSR count). The third-order valence-electron chi connectivity index (χ3n) is 4.70. The quantitative estimate of drug-likeness (QED) is 0.787. The van der Waals surface area contributed by atoms with Gasteiger partial charge in [0.05, 0.1) is 0 Å². The molecule has 1 aliphatic carbocycles. The van der Waals surface area contributed by atoms with Crippen molar-refractivity contribution in [3.8, 4) is 0 Å². The molecule has 1 aromatic carbocycles. The van der Waals surface area contributed by atoms with Crippen molar-refractivity contribution < 1.29 is 0 Å². The van der Waals surface area contributed by atoms with Gasteiger partial charge in [0.2, 0.25) is 0 Å². The van der Waals surface area contributed by atoms with E-state index in [1.54, 1.807) is 0 Å². The molecule has 0 spiro atoms. The fourth-order valence-electron chi connectivity index (χ4n) is 4.59. The van der Waals surface area contributed by atoms with E-state index in [9.17, 15) is 0 Å². The van der Waals surface area contributed by atoms with Crippen LogP contribution in [0.4, 0.5) is 0 Å². The van der Waals surface area contributed by atoms with Crippen molar-refractivity contribution >= 4 is 0 Å². The van der Waals surface area contributed by atoms with Crippen LogP contribution in [0.15, 0.2) is 24.3 Å². The molecule has 0 bridgehead atoms. The topological polar surface area (TPSA) is 26.0 Å². The molecule has 1 aliphatic rings. The van der Waals surface area contributed by atoms with Gasteiger partial charge in [0.25, 0.3) is 0 Å². The summed E-state index contributed by atoms with van der Waals surface area (Å²) in [5.74, 6) is 0.581. The second kappa shape index (κ2) is 4.87. The van der Waals surface area contributed by atoms with Crippen molar-refractivity contribution in [3.05, 3.63) is 35.4 Å². The maximum atomic E-state index is 6.86. The van der Waals surface area contributed by atoms with Gasteiger partial charge < -0.3 is 5.73 Å². The molecule has 0 aliphatic heterocycles. The Labute approximate surface area is 125 Å². The summed E-state index contributed by atoms with van der Waals surface area (Å²) in [7, 11) is 0. The Kier molecular flexibility index (Phi) is 3.79. The van der Waals surface area contributed by atoms with E-state index in [0.29, 0.717) is 16.7 Å². The Hall–Kier alpha value is -0.820. The molecular formula is C19H31N. The van der Waals surface area contributed by atoms with E-state index in [1.807, 2.05) is 0 Å². The highest BCUT2D eigenvalue weighted by molar-refractivity contribution is 5.31. The van der Waals surface area contributed by atoms with Crippen molar-refractivity contribution in [2.75, 3.05) is 0 Å². The van der Waals surface area contributed by atoms with Gasteiger partial charge in [0.1, 0.15) is 0 Å². The molecule has 0 aromatic heterocycles. The normalized spacial score (nSPS) is 23.8. The van der Waals surface area contributed by atoms with Gasteiger partial charge >= 0.3 is 0 Å². The third-order valence-corrected chi connectivity index (χ3v) is 4.70. The molecule has 0 amide bonds. The maximum Gasteiger partial charge on any atom is 0.0419 e. The molecule has 0 heterocycles. The second-order valence-electron chi connectivity index (χ2n) is 8.79. The summed E-state index contributed by atoms with van der Waals surface area (Å²) in [6.07, 6.45) is 3.40. The minimum atomic E-state index is -0.180. The zero-order valence-electron chi connectivity index (χ0n) is 14.1. The van der Waals surface area contributed by atoms with Crippen molar-refractivity contribution in [2.45, 2.75) is 72.3 Å². The van der Waals surface area contributed by atoms with E-state index in [2.05, 4.69) is 65.8 Å². The lowest BCUT2D eigenvalue weighted by Crippen LogP contribution is -2.49. The average molecular weight is 273 g/mol. The van der Waals surface area contributed by atoms with Crippen LogP contribution in [0.2, 0.25) is 0 Å². The molecule has 0 radical (unpaired) electrons. The standard InChI is InChI=1S/C19H31N/c1-14(2)15-7-9-16(10-8-15)19(20)12-17(3,4)11-18(5,6)13-19/h7-10,14H,11-13,20H2,1-6H3. The molecule has 0 unspecified atom stereocenters. The highest BCUT2D eigenvalue weighted by Gasteiger charge is 2.46. The minimum Gasteiger partial charge on any atom is -0.321 e. The predicted molar refractivity (Wildman–Crippen MR) is 87.8 cm³/mol. The van der Waals surface area contributed by atoms with Crippen LogP contribution in [0.25, 0.3) is 0 Å². The Morgan fingerprint density at radius 3 is 1.70 bits per heavy atom. The number of hydrogen-bond acceptors (Lipinski definition) is 1. The number of hydrogen-bond donors (Lipinski definition) is 1. The number of nitrogens with two attached hydrogens (primary N) is 1. The zero-order valence-corrected chi connectivity index (χ0v) is 14.1. The molecule has 2 N–H and O–H groups in total. The van der Waals surface area contributed by atoms with Gasteiger partial charge in [-0.3, -0.25) is 0 Å². The van der Waals surface area contributed by atoms with Gasteiger partial charge in [0, 0.05) is 5.54 Å². The van der Waals surface area contributed by atoms with Gasteiger partial charge in [0.15, 0.2) is 0 Å². The van der Waals surface area contributed by atoms with Gasteiger partial charge in [-0.25, -0.2) is 0 Å². The summed E-state index contributed by atoms with van der Waals surface area (Å²) in [5, 5.41) is 0. The van der Waals surface area contributed by atoms with E-state index >= 15 is 0 Å². The first-order valence-electron chi connectivity index (χ1n) is 7.92. The lowest BCUT2D eigenvalue weighted by Gasteiger charge is -2.50. The third kappa shape index (κ3) is 3.25. The first-order chi connectivity index (χ1) is 9.03. The molecular weight excluding hydrogens is 242 g/mol. The molecule has 1 aromatic rings. The Balaban J connectivity index is 2.34. The van der Waals surface area contributed by atoms with Crippen LogP contribution in [0.5, 0.6) is 0 Å². The van der Waals surface area contributed by atoms with Gasteiger partial charge in [-0.1, -0.05) is 65.8 Å². The van der Waals surface area contributed by atoms with Crippen molar-refractivity contribution in [1.82, 2.24) is 0 Å². The molecule has 1 heteroatoms. The molecule has 1 fully saturated rings. The smallest absolute Gasteiger partial charge is 0.0419 e. The Morgan fingerprint density at radius 2 is 1.30 bits per heavy atom. The highest BCUT2D eigenvalue weighted by Crippen LogP contribution is 2.52. The summed E-state index contributed by atoms with van der Waals surface area (Å²) in [4.78, 5) is 0. The molecule has 20 heavy (non-hydrogen) atoms. The first-order valence-corrected chi connectivity index (χ1v) is 7.92. The molecule has 1 nitrogen and oxygen atoms in total. The molecule has 0 atom stereocenters. The first kappa shape index (κ1) is 15.6. The molecule has 1 saturated carbocycles. The fraction of sp³-hybridized carbons (Fsp3) is 0.684. The molecule has 0 saturated heterocycles. The van der Waals surface area contributed by atoms with Crippen LogP contribution < -0.4 is 5.73 Å². The monoisotopic (exact) mass is 273 g/mol. The van der Waals surface area contributed by atoms with Crippen molar-refractivity contribution in [3.63, 3.8) is 0 Å². The molecule has 112 valence electrons. The largest absolute Gasteiger partial charge is 0.321 e. The maximum absolute atomic E-state index is 6.86. The SMILES string of the molecule is CC(C)c1ccc(C2(N)CC(C)(C)CC(C)(C)C2)cc1. The van der Waals surface area contributed by atoms with Crippen molar-refractivity contribution in [1.29, 1.82) is 0 Å². The van der Waals surface area contributed by atoms with E-state index < -0.39 is 0 Å². The van der Waals surface area contributed by atoms with Crippen LogP contribution in [0.3, 0.4) is 0 Å². The zero-order chi connectivity index (χ0) is 15.2. The highest BCUT2D eigenvalue weighted by atomic mass is 14.8. The lowest BCUT2D eigenvalue weighted by atomic mass is 9.57. The summed E-state index contributed by atoms with van der Waals surface area (Å²) in [6.45, 7) is 13.9. The summed E-state index contributed by atoms with van der Waals surface area (Å²) in [6, 6.07) is 9.02. The summed E-state index contributed by atoms with van der Waals surface area (Å²) >= 11 is 0. The van der Waals surface area contributed by atoms with Crippen LogP contribution in [0.1, 0.15) is 77.8 Å². The summed E-state index contributed by atoms with van der Waals surface area (Å²) in [5.41, 5.74) is 10.0. The van der Waals surface area contributed by atoms with Crippen LogP contribution >= 0.6 is 0 Å². The Bertz CT molecular complexity index is 449. The second-order valence-corrected chi connectivity index (χ2v) is 8.79. The van der Waals surface area contributed by atoms with Gasteiger partial charge in [-0.2, -0.15) is 0 Å². The average Bonchev–Trinajstić information content (AvgIpc) is 2.24. The van der Waals surface area contributed by atoms with Crippen LogP contribution in [0, 0.1) is 10.8 Å². The van der Waals surface area contributed by atoms with Crippen LogP contribution in [-0.4, -0.2) is 0 Å². The minimum absolute atomic E-state index is 0.180. The van der Waals surface area contributed by atoms with E-state index in [-0.39, 0.29) is 5.54 Å². The van der Waals surface area contributed by atoms with Crippen molar-refractivity contribution in [2.24, 2.45) is 16.6 Å². The van der Waals surface area contributed by atoms with E-state index in [4.69, 9.17) is 5.73 Å². The predicted octanol–water partition coefficient (Wildman–Crippen LogP) is 5.20. The van der Waals surface area contributed by atoms with E-state index in [0.717, 1.165) is 12.8 Å². The fourth-order valence-corrected chi connectivity index (χ4v) is 4.59. The lowest BCUT2D eigenvalue weighted by molar-refractivity contribution is 0.0470. The summed E-state index contributed by atoms with van der Waals surface area (Å²) < 4.78 is 0. The Morgan fingerprint density at radius 1 is 0.850 bits per heavy atom. The number of benzene rings is 1. The number of rotatable bonds is 2. The van der Waals surface area contributed by atoms with Gasteiger partial charge in [-0.05, 0) is 47.1 Å².